The Kier molecular flexibility index (Phi) is 3.60. The maximum absolute atomic E-state index is 11.5. The second-order valence-electron chi connectivity index (χ2n) is 4.02. The molecule has 1 aromatic heterocycles. The second-order valence-corrected chi connectivity index (χ2v) is 5.12. The lowest BCUT2D eigenvalue weighted by molar-refractivity contribution is -0.111. The van der Waals surface area contributed by atoms with Crippen LogP contribution in [0.25, 0.3) is 0 Å². The van der Waals surface area contributed by atoms with Crippen molar-refractivity contribution in [3.8, 4) is 6.07 Å². The average Bonchev–Trinajstić information content (AvgIpc) is 2.66. The summed E-state index contributed by atoms with van der Waals surface area (Å²) in [5, 5.41) is 12.7. The number of hydrogen-bond donors (Lipinski definition) is 1. The van der Waals surface area contributed by atoms with Crippen LogP contribution in [-0.4, -0.2) is 5.91 Å². The van der Waals surface area contributed by atoms with E-state index in [9.17, 15) is 10.1 Å². The number of nitrogens with zero attached hydrogens (tertiary/aromatic N) is 1. The zero-order valence-corrected chi connectivity index (χ0v) is 10.6. The Balaban J connectivity index is 2.31. The second kappa shape index (κ2) is 5.15. The molecule has 1 aliphatic carbocycles. The van der Waals surface area contributed by atoms with E-state index in [0.29, 0.717) is 10.6 Å². The van der Waals surface area contributed by atoms with Gasteiger partial charge in [0.25, 0.3) is 0 Å². The van der Waals surface area contributed by atoms with Gasteiger partial charge in [0.15, 0.2) is 0 Å². The van der Waals surface area contributed by atoms with E-state index in [1.54, 1.807) is 24.3 Å². The number of thiophene rings is 1. The Labute approximate surface area is 105 Å². The van der Waals surface area contributed by atoms with Crippen molar-refractivity contribution in [1.29, 1.82) is 5.26 Å². The van der Waals surface area contributed by atoms with Crippen LogP contribution in [0.5, 0.6) is 0 Å². The third-order valence-corrected chi connectivity index (χ3v) is 4.05. The first-order chi connectivity index (χ1) is 8.26. The molecule has 0 saturated carbocycles. The van der Waals surface area contributed by atoms with Crippen molar-refractivity contribution >= 4 is 22.2 Å². The molecule has 0 aliphatic heterocycles. The van der Waals surface area contributed by atoms with Crippen LogP contribution >= 0.6 is 11.3 Å². The third kappa shape index (κ3) is 2.40. The molecule has 1 amide bonds. The molecule has 0 aromatic carbocycles. The van der Waals surface area contributed by atoms with E-state index in [4.69, 9.17) is 0 Å². The van der Waals surface area contributed by atoms with Crippen molar-refractivity contribution in [1.82, 2.24) is 0 Å². The van der Waals surface area contributed by atoms with Crippen molar-refractivity contribution in [3.63, 3.8) is 0 Å². The molecule has 1 N–H and O–H groups in total. The van der Waals surface area contributed by atoms with E-state index in [-0.39, 0.29) is 5.91 Å². The summed E-state index contributed by atoms with van der Waals surface area (Å²) >= 11 is 1.55. The number of fused-ring (bicyclic) bond motifs is 1. The van der Waals surface area contributed by atoms with Crippen LogP contribution in [0, 0.1) is 11.3 Å². The van der Waals surface area contributed by atoms with Gasteiger partial charge in [-0.2, -0.15) is 5.26 Å². The van der Waals surface area contributed by atoms with Crippen molar-refractivity contribution in [2.45, 2.75) is 32.6 Å². The van der Waals surface area contributed by atoms with E-state index >= 15 is 0 Å². The number of aryl methyl sites for hydroxylation is 1. The van der Waals surface area contributed by atoms with Crippen LogP contribution in [0.1, 0.15) is 35.8 Å². The minimum atomic E-state index is -0.164. The quantitative estimate of drug-likeness (QED) is 0.815. The highest BCUT2D eigenvalue weighted by Crippen LogP contribution is 2.37. The molecule has 3 nitrogen and oxygen atoms in total. The molecule has 0 saturated heterocycles. The van der Waals surface area contributed by atoms with Crippen LogP contribution in [0.3, 0.4) is 0 Å². The van der Waals surface area contributed by atoms with Crippen LogP contribution in [0.15, 0.2) is 12.2 Å². The van der Waals surface area contributed by atoms with Crippen LogP contribution in [0.4, 0.5) is 5.00 Å². The molecular weight excluding hydrogens is 232 g/mol. The highest BCUT2D eigenvalue weighted by Gasteiger charge is 2.21. The van der Waals surface area contributed by atoms with Gasteiger partial charge in [0.1, 0.15) is 11.1 Å². The van der Waals surface area contributed by atoms with Crippen LogP contribution in [0.2, 0.25) is 0 Å². The van der Waals surface area contributed by atoms with E-state index in [1.165, 1.54) is 17.4 Å². The van der Waals surface area contributed by atoms with Gasteiger partial charge < -0.3 is 5.32 Å². The Morgan fingerprint density at radius 3 is 2.94 bits per heavy atom. The van der Waals surface area contributed by atoms with Crippen molar-refractivity contribution < 1.29 is 4.79 Å². The van der Waals surface area contributed by atoms with Gasteiger partial charge in [-0.15, -0.1) is 11.3 Å². The Hall–Kier alpha value is -1.60. The summed E-state index contributed by atoms with van der Waals surface area (Å²) in [6.45, 7) is 1.80. The summed E-state index contributed by atoms with van der Waals surface area (Å²) in [6.07, 6.45) is 7.48. The van der Waals surface area contributed by atoms with Gasteiger partial charge in [0.2, 0.25) is 5.91 Å². The standard InChI is InChI=1S/C13H14N2OS/c1-2-5-12(16)15-13-10(8-14)9-6-3-4-7-11(9)17-13/h2,5H,3-4,6-7H2,1H3,(H,15,16)/b5-2+. The predicted molar refractivity (Wildman–Crippen MR) is 69.1 cm³/mol. The smallest absolute Gasteiger partial charge is 0.248 e. The fourth-order valence-electron chi connectivity index (χ4n) is 2.08. The summed E-state index contributed by atoms with van der Waals surface area (Å²) < 4.78 is 0. The molecule has 1 aromatic rings. The van der Waals surface area contributed by atoms with E-state index in [1.807, 2.05) is 0 Å². The number of rotatable bonds is 2. The number of allylic oxidation sites excluding steroid dienone is 1. The highest BCUT2D eigenvalue weighted by atomic mass is 32.1. The number of anilines is 1. The Morgan fingerprint density at radius 1 is 1.47 bits per heavy atom. The Morgan fingerprint density at radius 2 is 2.24 bits per heavy atom. The van der Waals surface area contributed by atoms with Crippen molar-refractivity contribution in [2.24, 2.45) is 0 Å². The van der Waals surface area contributed by atoms with Crippen molar-refractivity contribution in [3.05, 3.63) is 28.2 Å². The average molecular weight is 246 g/mol. The molecule has 17 heavy (non-hydrogen) atoms. The minimum Gasteiger partial charge on any atom is -0.313 e. The summed E-state index contributed by atoms with van der Waals surface area (Å²) in [4.78, 5) is 12.8. The number of carbonyl (C=O) groups is 1. The number of carbonyl (C=O) groups excluding carboxylic acids is 1. The molecule has 0 fully saturated rings. The number of nitriles is 1. The molecule has 0 spiro atoms. The first-order valence-corrected chi connectivity index (χ1v) is 6.56. The van der Waals surface area contributed by atoms with Crippen molar-refractivity contribution in [2.75, 3.05) is 5.32 Å². The first-order valence-electron chi connectivity index (χ1n) is 5.74. The fourth-order valence-corrected chi connectivity index (χ4v) is 3.32. The van der Waals surface area contributed by atoms with E-state index < -0.39 is 0 Å². The molecule has 0 radical (unpaired) electrons. The summed E-state index contributed by atoms with van der Waals surface area (Å²) in [5.41, 5.74) is 1.82. The third-order valence-electron chi connectivity index (χ3n) is 2.84. The normalized spacial score (nSPS) is 14.4. The summed E-state index contributed by atoms with van der Waals surface area (Å²) in [7, 11) is 0. The largest absolute Gasteiger partial charge is 0.313 e. The topological polar surface area (TPSA) is 52.9 Å². The minimum absolute atomic E-state index is 0.164. The maximum Gasteiger partial charge on any atom is 0.248 e. The lowest BCUT2D eigenvalue weighted by atomic mass is 9.96. The van der Waals surface area contributed by atoms with Gasteiger partial charge in [-0.3, -0.25) is 4.79 Å². The fraction of sp³-hybridized carbons (Fsp3) is 0.385. The Bertz CT molecular complexity index is 508. The van der Waals surface area contributed by atoms with Gasteiger partial charge >= 0.3 is 0 Å². The molecule has 0 atom stereocenters. The maximum atomic E-state index is 11.5. The molecule has 4 heteroatoms. The van der Waals surface area contributed by atoms with Gasteiger partial charge in [-0.05, 0) is 44.2 Å². The molecule has 2 rings (SSSR count). The monoisotopic (exact) mass is 246 g/mol. The molecule has 0 unspecified atom stereocenters. The lowest BCUT2D eigenvalue weighted by Gasteiger charge is -2.09. The predicted octanol–water partition coefficient (Wildman–Crippen LogP) is 3.01. The zero-order valence-electron chi connectivity index (χ0n) is 9.75. The molecule has 88 valence electrons. The summed E-state index contributed by atoms with van der Waals surface area (Å²) in [5.74, 6) is -0.164. The molecule has 0 bridgehead atoms. The zero-order chi connectivity index (χ0) is 12.3. The SMILES string of the molecule is C/C=C/C(=O)Nc1sc2c(c1C#N)CCCC2. The molecule has 1 heterocycles. The van der Waals surface area contributed by atoms with E-state index in [2.05, 4.69) is 11.4 Å². The molecular formula is C13H14N2OS. The summed E-state index contributed by atoms with van der Waals surface area (Å²) in [6, 6.07) is 2.22. The van der Waals surface area contributed by atoms with Crippen LogP contribution < -0.4 is 5.32 Å². The number of hydrogen-bond acceptors (Lipinski definition) is 3. The lowest BCUT2D eigenvalue weighted by Crippen LogP contribution is -2.07. The first kappa shape index (κ1) is 11.9. The highest BCUT2D eigenvalue weighted by molar-refractivity contribution is 7.16. The van der Waals surface area contributed by atoms with Gasteiger partial charge in [-0.25, -0.2) is 0 Å². The van der Waals surface area contributed by atoms with Gasteiger partial charge in [-0.1, -0.05) is 6.08 Å². The number of nitrogens with one attached hydrogen (secondary N) is 1. The van der Waals surface area contributed by atoms with E-state index in [0.717, 1.165) is 24.8 Å². The van der Waals surface area contributed by atoms with Gasteiger partial charge in [0, 0.05) is 4.88 Å². The van der Waals surface area contributed by atoms with Crippen LogP contribution in [-0.2, 0) is 17.6 Å². The molecule has 1 aliphatic rings. The number of amides is 1. The van der Waals surface area contributed by atoms with Gasteiger partial charge in [0.05, 0.1) is 5.56 Å².